The van der Waals surface area contributed by atoms with E-state index in [1.54, 1.807) is 12.1 Å². The number of thiol groups is 1. The van der Waals surface area contributed by atoms with Crippen molar-refractivity contribution in [3.05, 3.63) is 125 Å². The Bertz CT molecular complexity index is 3080. The summed E-state index contributed by atoms with van der Waals surface area (Å²) in [6.07, 6.45) is -28.4. The van der Waals surface area contributed by atoms with Crippen LogP contribution in [0.4, 0.5) is 92.2 Å². The summed E-state index contributed by atoms with van der Waals surface area (Å²) in [6, 6.07) is 13.5. The first-order valence-electron chi connectivity index (χ1n) is 17.8. The van der Waals surface area contributed by atoms with Crippen LogP contribution < -0.4 is 8.37 Å². The standard InChI is InChI=1S/C34H18F12O6S3.C4HF9O3S/c35-31(36,37)20-12-21(32(38,39)40)15-26(14-20)54(47,48)51-24-8-4-18(5-9-24)28-2-1-3-29(53)30(28)19-6-10-25(11-7-19)52-55(49,50)27-16-22(33(41,42)43)13-23(17-27)34(44,45)46;5-1(6,3(9,10)11)2(7,8)4(12,13)17(14,15)16/h1-17,53H;(H,14,15,16). The summed E-state index contributed by atoms with van der Waals surface area (Å²) in [5.41, 5.74) is -6.12. The second-order valence-corrected chi connectivity index (χ2v) is 19.0. The minimum absolute atomic E-state index is 0.00975. The lowest BCUT2D eigenvalue weighted by molar-refractivity contribution is -0.382. The van der Waals surface area contributed by atoms with Crippen molar-refractivity contribution < 1.29 is 130 Å². The highest BCUT2D eigenvalue weighted by molar-refractivity contribution is 7.87. The van der Waals surface area contributed by atoms with Crippen LogP contribution in [0.25, 0.3) is 22.3 Å². The number of alkyl halides is 21. The van der Waals surface area contributed by atoms with Crippen LogP contribution in [0.2, 0.25) is 0 Å². The summed E-state index contributed by atoms with van der Waals surface area (Å²) in [4.78, 5) is -2.51. The Morgan fingerprint density at radius 2 is 0.736 bits per heavy atom. The van der Waals surface area contributed by atoms with Crippen LogP contribution in [-0.4, -0.2) is 53.1 Å². The molecule has 396 valence electrons. The van der Waals surface area contributed by atoms with Gasteiger partial charge >= 0.3 is 78.3 Å². The van der Waals surface area contributed by atoms with E-state index in [0.717, 1.165) is 24.3 Å². The molecule has 5 aromatic rings. The smallest absolute Gasteiger partial charge is 0.379 e. The van der Waals surface area contributed by atoms with Crippen molar-refractivity contribution in [2.24, 2.45) is 0 Å². The monoisotopic (exact) mass is 1150 g/mol. The molecule has 0 saturated carbocycles. The summed E-state index contributed by atoms with van der Waals surface area (Å²) < 4.78 is 354. The maximum absolute atomic E-state index is 13.3. The second-order valence-electron chi connectivity index (χ2n) is 13.9. The Morgan fingerprint density at radius 3 is 1.03 bits per heavy atom. The van der Waals surface area contributed by atoms with Gasteiger partial charge in [0, 0.05) is 10.5 Å². The Balaban J connectivity index is 0.000000564. The SMILES string of the molecule is O=S(=O)(O)C(F)(F)C(F)(F)C(F)(F)C(F)(F)F.O=S(=O)(Oc1ccc(-c2cccc(S)c2-c2ccc(OS(=O)(=O)c3cc(C(F)(F)F)cc(C(F)(F)F)c3)cc2)cc1)c1cc(C(F)(F)F)cc(C(F)(F)F)c1. The quantitative estimate of drug-likeness (QED) is 0.0572. The van der Waals surface area contributed by atoms with Crippen molar-refractivity contribution in [3.8, 4) is 33.8 Å². The first kappa shape index (κ1) is 59.0. The van der Waals surface area contributed by atoms with Crippen molar-refractivity contribution in [2.45, 2.75) is 62.7 Å². The van der Waals surface area contributed by atoms with Crippen molar-refractivity contribution >= 4 is 43.0 Å². The van der Waals surface area contributed by atoms with E-state index < -0.39 is 122 Å². The van der Waals surface area contributed by atoms with Gasteiger partial charge in [-0.2, -0.15) is 117 Å². The maximum atomic E-state index is 13.3. The summed E-state index contributed by atoms with van der Waals surface area (Å²) in [6.45, 7) is 0. The lowest BCUT2D eigenvalue weighted by Gasteiger charge is -2.31. The van der Waals surface area contributed by atoms with Gasteiger partial charge in [-0.1, -0.05) is 36.4 Å². The molecule has 0 saturated heterocycles. The Kier molecular flexibility index (Phi) is 15.8. The minimum Gasteiger partial charge on any atom is -0.379 e. The van der Waals surface area contributed by atoms with E-state index >= 15 is 0 Å². The third-order valence-corrected chi connectivity index (χ3v) is 12.6. The highest BCUT2D eigenvalue weighted by Gasteiger charge is 2.85. The highest BCUT2D eigenvalue weighted by atomic mass is 32.2. The highest BCUT2D eigenvalue weighted by Crippen LogP contribution is 2.54. The van der Waals surface area contributed by atoms with Gasteiger partial charge in [-0.25, -0.2) is 0 Å². The summed E-state index contributed by atoms with van der Waals surface area (Å²) in [5.74, 6) is -15.7. The van der Waals surface area contributed by atoms with E-state index in [1.807, 2.05) is 0 Å². The molecule has 0 unspecified atom stereocenters. The van der Waals surface area contributed by atoms with Gasteiger partial charge in [-0.15, -0.1) is 12.6 Å². The molecular weight excluding hydrogens is 1130 g/mol. The molecule has 34 heteroatoms. The van der Waals surface area contributed by atoms with Crippen LogP contribution in [0.1, 0.15) is 22.3 Å². The van der Waals surface area contributed by atoms with Crippen molar-refractivity contribution in [1.82, 2.24) is 0 Å². The maximum Gasteiger partial charge on any atom is 0.460 e. The Morgan fingerprint density at radius 1 is 0.417 bits per heavy atom. The molecule has 0 spiro atoms. The zero-order valence-electron chi connectivity index (χ0n) is 33.6. The van der Waals surface area contributed by atoms with Crippen LogP contribution in [0.3, 0.4) is 0 Å². The fourth-order valence-corrected chi connectivity index (χ4v) is 8.26. The molecule has 0 aliphatic rings. The molecule has 0 radical (unpaired) electrons. The Labute approximate surface area is 394 Å². The largest absolute Gasteiger partial charge is 0.460 e. The first-order valence-corrected chi connectivity index (χ1v) is 22.5. The zero-order valence-corrected chi connectivity index (χ0v) is 37.0. The minimum atomic E-state index is -7.37. The molecule has 0 atom stereocenters. The molecule has 9 nitrogen and oxygen atoms in total. The van der Waals surface area contributed by atoms with E-state index in [0.29, 0.717) is 27.1 Å². The van der Waals surface area contributed by atoms with Crippen molar-refractivity contribution in [1.29, 1.82) is 0 Å². The van der Waals surface area contributed by atoms with E-state index in [2.05, 4.69) is 12.6 Å². The van der Waals surface area contributed by atoms with Crippen LogP contribution in [-0.2, 0) is 55.1 Å². The van der Waals surface area contributed by atoms with Crippen molar-refractivity contribution in [3.63, 3.8) is 0 Å². The number of hydrogen-bond acceptors (Lipinski definition) is 9. The van der Waals surface area contributed by atoms with Crippen molar-refractivity contribution in [2.75, 3.05) is 0 Å². The normalized spacial score (nSPS) is 13.8. The predicted octanol–water partition coefficient (Wildman–Crippen LogP) is 13.2. The van der Waals surface area contributed by atoms with Gasteiger partial charge in [0.2, 0.25) is 0 Å². The van der Waals surface area contributed by atoms with Gasteiger partial charge in [-0.3, -0.25) is 4.55 Å². The molecule has 72 heavy (non-hydrogen) atoms. The van der Waals surface area contributed by atoms with E-state index in [-0.39, 0.29) is 36.4 Å². The number of benzene rings is 5. The Hall–Kier alpha value is -5.61. The van der Waals surface area contributed by atoms with E-state index in [1.165, 1.54) is 30.3 Å². The van der Waals surface area contributed by atoms with Crippen LogP contribution >= 0.6 is 12.6 Å². The van der Waals surface area contributed by atoms with Gasteiger partial charge < -0.3 is 8.37 Å². The molecule has 0 aliphatic carbocycles. The lowest BCUT2D eigenvalue weighted by atomic mass is 9.94. The molecule has 1 N–H and O–H groups in total. The number of hydrogen-bond donors (Lipinski definition) is 2. The van der Waals surface area contributed by atoms with Gasteiger partial charge in [0.15, 0.2) is 0 Å². The topological polar surface area (TPSA) is 141 Å². The molecule has 0 bridgehead atoms. The van der Waals surface area contributed by atoms with E-state index in [4.69, 9.17) is 12.9 Å². The molecule has 0 amide bonds. The zero-order chi connectivity index (χ0) is 55.4. The molecule has 0 fully saturated rings. The number of rotatable bonds is 11. The fourth-order valence-electron chi connectivity index (χ4n) is 5.47. The van der Waals surface area contributed by atoms with Gasteiger partial charge in [0.05, 0.1) is 22.3 Å². The molecule has 0 aliphatic heterocycles. The van der Waals surface area contributed by atoms with Gasteiger partial charge in [-0.05, 0) is 83.4 Å². The third kappa shape index (κ3) is 12.8. The van der Waals surface area contributed by atoms with Crippen LogP contribution in [0.5, 0.6) is 11.5 Å². The summed E-state index contributed by atoms with van der Waals surface area (Å²) in [5, 5.41) is -7.00. The summed E-state index contributed by atoms with van der Waals surface area (Å²) >= 11 is 4.44. The molecule has 0 heterocycles. The first-order chi connectivity index (χ1) is 32.1. The molecule has 0 aromatic heterocycles. The molecule has 5 rings (SSSR count). The fraction of sp³-hybridized carbons (Fsp3) is 0.211. The second kappa shape index (κ2) is 19.3. The van der Waals surface area contributed by atoms with Gasteiger partial charge in [0.1, 0.15) is 21.3 Å². The molecular formula is C38H19F21O9S4. The number of halogens is 21. The average molecular weight is 1150 g/mol. The average Bonchev–Trinajstić information content (AvgIpc) is 3.22. The van der Waals surface area contributed by atoms with E-state index in [9.17, 15) is 117 Å². The lowest BCUT2D eigenvalue weighted by Crippen LogP contribution is -2.63. The summed E-state index contributed by atoms with van der Waals surface area (Å²) in [7, 11) is -17.6. The predicted molar refractivity (Wildman–Crippen MR) is 206 cm³/mol. The van der Waals surface area contributed by atoms with Crippen LogP contribution in [0, 0.1) is 0 Å². The third-order valence-electron chi connectivity index (χ3n) is 8.90. The van der Waals surface area contributed by atoms with Gasteiger partial charge in [0.25, 0.3) is 0 Å². The molecule has 5 aromatic carbocycles. The van der Waals surface area contributed by atoms with Crippen LogP contribution in [0.15, 0.2) is 118 Å².